The zero-order chi connectivity index (χ0) is 14.8. The van der Waals surface area contributed by atoms with Gasteiger partial charge in [-0.15, -0.1) is 0 Å². The zero-order valence-corrected chi connectivity index (χ0v) is 11.3. The van der Waals surface area contributed by atoms with Gasteiger partial charge in [0, 0.05) is 0 Å². The van der Waals surface area contributed by atoms with Crippen molar-refractivity contribution in [3.8, 4) is 5.75 Å². The number of nitrogens with zero attached hydrogens (tertiary/aromatic N) is 1. The number of rotatable bonds is 3. The van der Waals surface area contributed by atoms with Crippen LogP contribution in [0.3, 0.4) is 0 Å². The van der Waals surface area contributed by atoms with Crippen LogP contribution in [-0.2, 0) is 17.9 Å². The van der Waals surface area contributed by atoms with E-state index < -0.39 is 0 Å². The number of anilines is 1. The summed E-state index contributed by atoms with van der Waals surface area (Å²) in [6, 6.07) is 11.3. The van der Waals surface area contributed by atoms with Crippen LogP contribution in [0.2, 0.25) is 0 Å². The molecule has 2 aromatic carbocycles. The highest BCUT2D eigenvalue weighted by Gasteiger charge is 2.25. The molecule has 0 aromatic heterocycles. The van der Waals surface area contributed by atoms with Gasteiger partial charge in [0.1, 0.15) is 11.6 Å². The second-order valence-electron chi connectivity index (χ2n) is 4.86. The molecular formula is C16H14FNO3. The van der Waals surface area contributed by atoms with Gasteiger partial charge < -0.3 is 14.7 Å². The summed E-state index contributed by atoms with van der Waals surface area (Å²) in [5, 5.41) is 9.15. The molecule has 5 heteroatoms. The van der Waals surface area contributed by atoms with E-state index in [1.54, 1.807) is 35.2 Å². The Bertz CT molecular complexity index is 670. The average molecular weight is 287 g/mol. The molecule has 0 saturated carbocycles. The Balaban J connectivity index is 1.91. The van der Waals surface area contributed by atoms with Crippen LogP contribution < -0.4 is 9.64 Å². The summed E-state index contributed by atoms with van der Waals surface area (Å²) in [5.74, 6) is 0.117. The Kier molecular flexibility index (Phi) is 3.58. The molecule has 0 radical (unpaired) electrons. The first-order valence-electron chi connectivity index (χ1n) is 6.59. The SMILES string of the molecule is O=C1COc2cc(CO)ccc2N1Cc1ccc(F)cc1. The Morgan fingerprint density at radius 1 is 1.14 bits per heavy atom. The molecule has 0 saturated heterocycles. The molecule has 1 N–H and O–H groups in total. The molecule has 0 aliphatic carbocycles. The smallest absolute Gasteiger partial charge is 0.265 e. The maximum absolute atomic E-state index is 12.9. The minimum Gasteiger partial charge on any atom is -0.482 e. The van der Waals surface area contributed by atoms with Gasteiger partial charge in [0.2, 0.25) is 0 Å². The number of fused-ring (bicyclic) bond motifs is 1. The lowest BCUT2D eigenvalue weighted by Gasteiger charge is -2.29. The van der Waals surface area contributed by atoms with Crippen molar-refractivity contribution >= 4 is 11.6 Å². The molecular weight excluding hydrogens is 273 g/mol. The van der Waals surface area contributed by atoms with Crippen molar-refractivity contribution in [2.45, 2.75) is 13.2 Å². The molecule has 4 nitrogen and oxygen atoms in total. The van der Waals surface area contributed by atoms with E-state index in [0.29, 0.717) is 18.0 Å². The molecule has 3 rings (SSSR count). The Hall–Kier alpha value is -2.40. The van der Waals surface area contributed by atoms with E-state index in [0.717, 1.165) is 11.1 Å². The van der Waals surface area contributed by atoms with E-state index in [2.05, 4.69) is 0 Å². The van der Waals surface area contributed by atoms with E-state index >= 15 is 0 Å². The Morgan fingerprint density at radius 2 is 1.86 bits per heavy atom. The second kappa shape index (κ2) is 5.54. The number of carbonyl (C=O) groups is 1. The minimum absolute atomic E-state index is 0.0386. The standard InChI is InChI=1S/C16H14FNO3/c17-13-4-1-11(2-5-13)8-18-14-6-3-12(9-19)7-15(14)21-10-16(18)20/h1-7,19H,8-10H2. The Morgan fingerprint density at radius 3 is 2.57 bits per heavy atom. The molecule has 21 heavy (non-hydrogen) atoms. The molecule has 108 valence electrons. The minimum atomic E-state index is -0.306. The van der Waals surface area contributed by atoms with E-state index in [1.165, 1.54) is 12.1 Å². The lowest BCUT2D eigenvalue weighted by molar-refractivity contribution is -0.121. The molecule has 1 aliphatic heterocycles. The predicted octanol–water partition coefficient (Wildman–Crippen LogP) is 2.24. The van der Waals surface area contributed by atoms with Crippen LogP contribution in [0.15, 0.2) is 42.5 Å². The highest BCUT2D eigenvalue weighted by atomic mass is 19.1. The number of benzene rings is 2. The molecule has 1 amide bonds. The highest BCUT2D eigenvalue weighted by molar-refractivity contribution is 5.97. The van der Waals surface area contributed by atoms with Gasteiger partial charge in [-0.1, -0.05) is 18.2 Å². The third kappa shape index (κ3) is 2.73. The summed E-state index contributed by atoms with van der Waals surface area (Å²) < 4.78 is 18.3. The second-order valence-corrected chi connectivity index (χ2v) is 4.86. The lowest BCUT2D eigenvalue weighted by Crippen LogP contribution is -2.38. The van der Waals surface area contributed by atoms with Crippen molar-refractivity contribution in [1.29, 1.82) is 0 Å². The normalized spacial score (nSPS) is 13.8. The lowest BCUT2D eigenvalue weighted by atomic mass is 10.1. The molecule has 0 unspecified atom stereocenters. The molecule has 0 bridgehead atoms. The van der Waals surface area contributed by atoms with Crippen molar-refractivity contribution in [1.82, 2.24) is 0 Å². The van der Waals surface area contributed by atoms with Crippen LogP contribution in [0, 0.1) is 5.82 Å². The van der Waals surface area contributed by atoms with E-state index in [4.69, 9.17) is 9.84 Å². The number of aliphatic hydroxyl groups is 1. The van der Waals surface area contributed by atoms with Crippen LogP contribution in [0.25, 0.3) is 0 Å². The van der Waals surface area contributed by atoms with E-state index in [9.17, 15) is 9.18 Å². The summed E-state index contributed by atoms with van der Waals surface area (Å²) in [6.45, 7) is 0.236. The Labute approximate surface area is 121 Å². The van der Waals surface area contributed by atoms with Crippen molar-refractivity contribution in [3.05, 3.63) is 59.4 Å². The fourth-order valence-electron chi connectivity index (χ4n) is 2.29. The molecule has 1 heterocycles. The quantitative estimate of drug-likeness (QED) is 0.942. The molecule has 0 fully saturated rings. The summed E-state index contributed by atoms with van der Waals surface area (Å²) in [5.41, 5.74) is 2.22. The van der Waals surface area contributed by atoms with Gasteiger partial charge in [0.15, 0.2) is 6.61 Å². The first-order valence-corrected chi connectivity index (χ1v) is 6.59. The maximum Gasteiger partial charge on any atom is 0.265 e. The third-order valence-corrected chi connectivity index (χ3v) is 3.40. The van der Waals surface area contributed by atoms with Gasteiger partial charge in [-0.2, -0.15) is 0 Å². The van der Waals surface area contributed by atoms with Crippen molar-refractivity contribution in [2.24, 2.45) is 0 Å². The molecule has 0 spiro atoms. The van der Waals surface area contributed by atoms with Crippen LogP contribution in [-0.4, -0.2) is 17.6 Å². The molecule has 2 aromatic rings. The van der Waals surface area contributed by atoms with Gasteiger partial charge >= 0.3 is 0 Å². The topological polar surface area (TPSA) is 49.8 Å². The van der Waals surface area contributed by atoms with Crippen LogP contribution in [0.5, 0.6) is 5.75 Å². The van der Waals surface area contributed by atoms with Crippen LogP contribution >= 0.6 is 0 Å². The van der Waals surface area contributed by atoms with Crippen molar-refractivity contribution in [2.75, 3.05) is 11.5 Å². The number of hydrogen-bond acceptors (Lipinski definition) is 3. The first-order chi connectivity index (χ1) is 10.2. The fourth-order valence-corrected chi connectivity index (χ4v) is 2.29. The summed E-state index contributed by atoms with van der Waals surface area (Å²) in [7, 11) is 0. The van der Waals surface area contributed by atoms with Gasteiger partial charge in [0.25, 0.3) is 5.91 Å². The third-order valence-electron chi connectivity index (χ3n) is 3.40. The maximum atomic E-state index is 12.9. The summed E-state index contributed by atoms with van der Waals surface area (Å²) in [4.78, 5) is 13.7. The fraction of sp³-hybridized carbons (Fsp3) is 0.188. The number of amides is 1. The highest BCUT2D eigenvalue weighted by Crippen LogP contribution is 2.34. The number of hydrogen-bond donors (Lipinski definition) is 1. The number of ether oxygens (including phenoxy) is 1. The van der Waals surface area contributed by atoms with Crippen molar-refractivity contribution in [3.63, 3.8) is 0 Å². The largest absolute Gasteiger partial charge is 0.482 e. The summed E-state index contributed by atoms with van der Waals surface area (Å²) in [6.07, 6.45) is 0. The predicted molar refractivity (Wildman–Crippen MR) is 75.4 cm³/mol. The number of halogens is 1. The van der Waals surface area contributed by atoms with Crippen molar-refractivity contribution < 1.29 is 19.0 Å². The van der Waals surface area contributed by atoms with E-state index in [-0.39, 0.29) is 24.9 Å². The monoisotopic (exact) mass is 287 g/mol. The zero-order valence-electron chi connectivity index (χ0n) is 11.3. The van der Waals surface area contributed by atoms with Crippen LogP contribution in [0.1, 0.15) is 11.1 Å². The van der Waals surface area contributed by atoms with E-state index in [1.807, 2.05) is 0 Å². The van der Waals surface area contributed by atoms with Gasteiger partial charge in [-0.3, -0.25) is 4.79 Å². The van der Waals surface area contributed by atoms with Crippen LogP contribution in [0.4, 0.5) is 10.1 Å². The number of carbonyl (C=O) groups excluding carboxylic acids is 1. The molecule has 0 atom stereocenters. The first kappa shape index (κ1) is 13.6. The van der Waals surface area contributed by atoms with Gasteiger partial charge in [-0.05, 0) is 35.4 Å². The number of aliphatic hydroxyl groups excluding tert-OH is 1. The molecule has 1 aliphatic rings. The summed E-state index contributed by atoms with van der Waals surface area (Å²) >= 11 is 0. The van der Waals surface area contributed by atoms with Gasteiger partial charge in [-0.25, -0.2) is 4.39 Å². The average Bonchev–Trinajstić information content (AvgIpc) is 2.51. The van der Waals surface area contributed by atoms with Gasteiger partial charge in [0.05, 0.1) is 18.8 Å².